The molecular weight excluding hydrogens is 609 g/mol. The number of para-hydroxylation sites is 3. The lowest BCUT2D eigenvalue weighted by Crippen LogP contribution is -2.36. The van der Waals surface area contributed by atoms with Crippen molar-refractivity contribution in [3.63, 3.8) is 0 Å². The van der Waals surface area contributed by atoms with Crippen molar-refractivity contribution in [3.8, 4) is 45.2 Å². The maximum atomic E-state index is 5.23. The van der Waals surface area contributed by atoms with Crippen LogP contribution in [0.3, 0.4) is 0 Å². The van der Waals surface area contributed by atoms with E-state index in [4.69, 9.17) is 9.97 Å². The van der Waals surface area contributed by atoms with Crippen LogP contribution in [-0.2, 0) is 5.41 Å². The summed E-state index contributed by atoms with van der Waals surface area (Å²) in [5, 5.41) is 0. The predicted molar refractivity (Wildman–Crippen MR) is 202 cm³/mol. The average Bonchev–Trinajstić information content (AvgIpc) is 3.49. The van der Waals surface area contributed by atoms with Gasteiger partial charge in [0.1, 0.15) is 0 Å². The molecule has 3 heterocycles. The summed E-state index contributed by atoms with van der Waals surface area (Å²) in [5.74, 6) is 0.648. The van der Waals surface area contributed by atoms with Crippen LogP contribution in [0.4, 0.5) is 17.1 Å². The summed E-state index contributed by atoms with van der Waals surface area (Å²) in [7, 11) is 0. The molecule has 0 amide bonds. The van der Waals surface area contributed by atoms with Crippen LogP contribution < -0.4 is 4.90 Å². The van der Waals surface area contributed by atoms with Crippen molar-refractivity contribution in [1.82, 2.24) is 15.0 Å². The molecule has 6 aromatic carbocycles. The highest BCUT2D eigenvalue weighted by Crippen LogP contribution is 2.63. The topological polar surface area (TPSA) is 41.9 Å². The molecule has 10 rings (SSSR count). The molecule has 50 heavy (non-hydrogen) atoms. The predicted octanol–water partition coefficient (Wildman–Crippen LogP) is 11.0. The molecule has 0 radical (unpaired) electrons. The highest BCUT2D eigenvalue weighted by molar-refractivity contribution is 5.98. The SMILES string of the molecule is c1ccc(-c2cc(-c3ccccn3)nc(-c3ccccc3N3c4ccccc4C4(c5ccccc5-c5ccccc54)c4ccccc43)n2)cc1. The van der Waals surface area contributed by atoms with Gasteiger partial charge < -0.3 is 4.90 Å². The highest BCUT2D eigenvalue weighted by atomic mass is 15.2. The lowest BCUT2D eigenvalue weighted by molar-refractivity contribution is 0.752. The van der Waals surface area contributed by atoms with Crippen molar-refractivity contribution < 1.29 is 0 Å². The molecule has 8 aromatic rings. The molecule has 234 valence electrons. The van der Waals surface area contributed by atoms with Gasteiger partial charge in [-0.15, -0.1) is 0 Å². The van der Waals surface area contributed by atoms with Crippen molar-refractivity contribution in [2.45, 2.75) is 5.41 Å². The summed E-state index contributed by atoms with van der Waals surface area (Å²) in [6.45, 7) is 0. The van der Waals surface area contributed by atoms with E-state index in [1.54, 1.807) is 0 Å². The van der Waals surface area contributed by atoms with Crippen LogP contribution in [0.25, 0.3) is 45.2 Å². The zero-order valence-electron chi connectivity index (χ0n) is 27.1. The molecule has 0 bridgehead atoms. The third-order valence-electron chi connectivity index (χ3n) is 10.2. The summed E-state index contributed by atoms with van der Waals surface area (Å²) < 4.78 is 0. The van der Waals surface area contributed by atoms with Gasteiger partial charge >= 0.3 is 0 Å². The molecule has 0 atom stereocenters. The van der Waals surface area contributed by atoms with Crippen LogP contribution >= 0.6 is 0 Å². The van der Waals surface area contributed by atoms with Gasteiger partial charge in [0.2, 0.25) is 0 Å². The van der Waals surface area contributed by atoms with E-state index in [9.17, 15) is 0 Å². The number of hydrogen-bond donors (Lipinski definition) is 0. The number of rotatable bonds is 4. The molecule has 2 aromatic heterocycles. The smallest absolute Gasteiger partial charge is 0.162 e. The Morgan fingerprint density at radius 1 is 0.380 bits per heavy atom. The van der Waals surface area contributed by atoms with Crippen molar-refractivity contribution >= 4 is 17.1 Å². The van der Waals surface area contributed by atoms with E-state index in [-0.39, 0.29) is 0 Å². The number of anilines is 3. The molecule has 1 spiro atoms. The normalized spacial score (nSPS) is 13.3. The van der Waals surface area contributed by atoms with Crippen LogP contribution in [0.2, 0.25) is 0 Å². The van der Waals surface area contributed by atoms with E-state index in [1.807, 2.05) is 48.7 Å². The van der Waals surface area contributed by atoms with Gasteiger partial charge in [0.05, 0.1) is 39.6 Å². The largest absolute Gasteiger partial charge is 0.309 e. The fraction of sp³-hybridized carbons (Fsp3) is 0.0217. The second kappa shape index (κ2) is 11.2. The Kier molecular flexibility index (Phi) is 6.36. The van der Waals surface area contributed by atoms with Crippen LogP contribution in [0, 0.1) is 0 Å². The molecule has 0 N–H and O–H groups in total. The second-order valence-corrected chi connectivity index (χ2v) is 12.8. The molecule has 0 saturated heterocycles. The minimum absolute atomic E-state index is 0.471. The summed E-state index contributed by atoms with van der Waals surface area (Å²) in [4.78, 5) is 17.5. The van der Waals surface area contributed by atoms with Crippen molar-refractivity contribution in [1.29, 1.82) is 0 Å². The van der Waals surface area contributed by atoms with Crippen LogP contribution in [0.5, 0.6) is 0 Å². The molecule has 0 saturated carbocycles. The summed E-state index contributed by atoms with van der Waals surface area (Å²) in [6, 6.07) is 62.4. The van der Waals surface area contributed by atoms with E-state index < -0.39 is 5.41 Å². The summed E-state index contributed by atoms with van der Waals surface area (Å²) in [6.07, 6.45) is 1.81. The van der Waals surface area contributed by atoms with Crippen LogP contribution in [-0.4, -0.2) is 15.0 Å². The molecule has 4 heteroatoms. The second-order valence-electron chi connectivity index (χ2n) is 12.8. The number of fused-ring (bicyclic) bond motifs is 9. The van der Waals surface area contributed by atoms with Gasteiger partial charge in [0.25, 0.3) is 0 Å². The minimum atomic E-state index is -0.471. The van der Waals surface area contributed by atoms with Gasteiger partial charge in [-0.3, -0.25) is 4.98 Å². The molecule has 1 aliphatic heterocycles. The number of pyridine rings is 1. The Labute approximate surface area is 291 Å². The third-order valence-corrected chi connectivity index (χ3v) is 10.2. The monoisotopic (exact) mass is 638 g/mol. The van der Waals surface area contributed by atoms with Crippen LogP contribution in [0.1, 0.15) is 22.3 Å². The quantitative estimate of drug-likeness (QED) is 0.192. The van der Waals surface area contributed by atoms with E-state index in [1.165, 1.54) is 33.4 Å². The Morgan fingerprint density at radius 2 is 0.880 bits per heavy atom. The van der Waals surface area contributed by atoms with Gasteiger partial charge in [-0.25, -0.2) is 9.97 Å². The van der Waals surface area contributed by atoms with Gasteiger partial charge in [-0.1, -0.05) is 133 Å². The molecular formula is C46H30N4. The van der Waals surface area contributed by atoms with Gasteiger partial charge in [-0.05, 0) is 75.8 Å². The van der Waals surface area contributed by atoms with Gasteiger partial charge in [0, 0.05) is 17.3 Å². The maximum Gasteiger partial charge on any atom is 0.162 e. The number of hydrogen-bond acceptors (Lipinski definition) is 4. The number of benzene rings is 6. The van der Waals surface area contributed by atoms with E-state index in [0.29, 0.717) is 5.82 Å². The first-order valence-electron chi connectivity index (χ1n) is 17.0. The Balaban J connectivity index is 1.24. The molecule has 0 fully saturated rings. The Morgan fingerprint density at radius 3 is 1.50 bits per heavy atom. The fourth-order valence-electron chi connectivity index (χ4n) is 8.15. The van der Waals surface area contributed by atoms with Crippen LogP contribution in [0.15, 0.2) is 182 Å². The molecule has 0 unspecified atom stereocenters. The zero-order chi connectivity index (χ0) is 33.1. The fourth-order valence-corrected chi connectivity index (χ4v) is 8.15. The first-order chi connectivity index (χ1) is 24.8. The summed E-state index contributed by atoms with van der Waals surface area (Å²) >= 11 is 0. The Bertz CT molecular complexity index is 2410. The lowest BCUT2D eigenvalue weighted by Gasteiger charge is -2.45. The Hall–Kier alpha value is -6.65. The van der Waals surface area contributed by atoms with E-state index in [0.717, 1.165) is 45.3 Å². The first-order valence-corrected chi connectivity index (χ1v) is 17.0. The van der Waals surface area contributed by atoms with Crippen molar-refractivity contribution in [2.24, 2.45) is 0 Å². The maximum absolute atomic E-state index is 5.23. The third kappa shape index (κ3) is 4.09. The molecule has 4 nitrogen and oxygen atoms in total. The first kappa shape index (κ1) is 28.4. The number of nitrogens with zero attached hydrogens (tertiary/aromatic N) is 4. The standard InChI is InChI=1S/C46H30N4/c1-2-16-31(17-3-1)40-30-41(39-25-14-15-29-47-39)49-45(48-40)34-20-6-11-26-42(34)50-43-27-12-9-23-37(43)46(38-24-10-13-28-44(38)50)35-21-7-4-18-32(35)33-19-5-8-22-36(33)46/h1-30H. The molecule has 1 aliphatic carbocycles. The average molecular weight is 639 g/mol. The molecule has 2 aliphatic rings. The highest BCUT2D eigenvalue weighted by Gasteiger charge is 2.51. The van der Waals surface area contributed by atoms with Gasteiger partial charge in [0.15, 0.2) is 5.82 Å². The van der Waals surface area contributed by atoms with Gasteiger partial charge in [-0.2, -0.15) is 0 Å². The summed E-state index contributed by atoms with van der Waals surface area (Å²) in [5.41, 5.74) is 14.9. The van der Waals surface area contributed by atoms with E-state index in [2.05, 4.69) is 143 Å². The lowest BCUT2D eigenvalue weighted by atomic mass is 9.64. The van der Waals surface area contributed by atoms with Crippen molar-refractivity contribution in [3.05, 3.63) is 204 Å². The zero-order valence-corrected chi connectivity index (χ0v) is 27.1. The number of aromatic nitrogens is 3. The minimum Gasteiger partial charge on any atom is -0.309 e. The van der Waals surface area contributed by atoms with Crippen molar-refractivity contribution in [2.75, 3.05) is 4.90 Å². The van der Waals surface area contributed by atoms with E-state index >= 15 is 0 Å².